The Morgan fingerprint density at radius 1 is 2.00 bits per heavy atom. The first-order valence-corrected chi connectivity index (χ1v) is 2.80. The summed E-state index contributed by atoms with van der Waals surface area (Å²) in [6.45, 7) is 4.01. The lowest BCUT2D eigenvalue weighted by atomic mass is 10.4. The van der Waals surface area contributed by atoms with Gasteiger partial charge in [-0.05, 0) is 6.08 Å². The second-order valence-electron chi connectivity index (χ2n) is 1.82. The molecule has 0 aromatic heterocycles. The molecule has 1 rings (SSSR count). The summed E-state index contributed by atoms with van der Waals surface area (Å²) in [5.74, 6) is 0.536. The summed E-state index contributed by atoms with van der Waals surface area (Å²) < 4.78 is 4.98. The molecular weight excluding hydrogens is 118 g/mol. The van der Waals surface area contributed by atoms with Crippen molar-refractivity contribution >= 4 is 5.90 Å². The normalized spacial score (nSPS) is 25.0. The molecule has 9 heavy (non-hydrogen) atoms. The molecule has 1 aliphatic heterocycles. The molecular formula is C6H9NO2. The second-order valence-corrected chi connectivity index (χ2v) is 1.82. The molecule has 1 atom stereocenters. The Bertz CT molecular complexity index is 142. The molecule has 1 aliphatic rings. The van der Waals surface area contributed by atoms with E-state index >= 15 is 0 Å². The minimum atomic E-state index is -0.0713. The molecule has 0 aliphatic carbocycles. The van der Waals surface area contributed by atoms with Crippen molar-refractivity contribution in [2.45, 2.75) is 6.04 Å². The van der Waals surface area contributed by atoms with Gasteiger partial charge in [0.1, 0.15) is 12.6 Å². The first-order valence-electron chi connectivity index (χ1n) is 2.80. The fourth-order valence-electron chi connectivity index (χ4n) is 0.641. The van der Waals surface area contributed by atoms with Crippen molar-refractivity contribution in [1.82, 2.24) is 0 Å². The quantitative estimate of drug-likeness (QED) is 0.565. The van der Waals surface area contributed by atoms with E-state index in [1.807, 2.05) is 0 Å². The zero-order valence-electron chi connectivity index (χ0n) is 5.08. The molecule has 1 heterocycles. The molecule has 0 radical (unpaired) electrons. The Kier molecular flexibility index (Phi) is 1.85. The molecule has 0 aromatic carbocycles. The smallest absolute Gasteiger partial charge is 0.208 e. The van der Waals surface area contributed by atoms with Gasteiger partial charge in [-0.3, -0.25) is 0 Å². The predicted molar refractivity (Wildman–Crippen MR) is 34.5 cm³/mol. The van der Waals surface area contributed by atoms with Crippen molar-refractivity contribution in [2.24, 2.45) is 4.99 Å². The van der Waals surface area contributed by atoms with Crippen LogP contribution < -0.4 is 0 Å². The number of aliphatic hydroxyl groups excluding tert-OH is 1. The molecule has 3 nitrogen and oxygen atoms in total. The van der Waals surface area contributed by atoms with Crippen LogP contribution >= 0.6 is 0 Å². The summed E-state index contributed by atoms with van der Waals surface area (Å²) in [5, 5.41) is 8.56. The molecule has 1 unspecified atom stereocenters. The highest BCUT2D eigenvalue weighted by Gasteiger charge is 2.14. The molecule has 0 fully saturated rings. The van der Waals surface area contributed by atoms with Crippen molar-refractivity contribution < 1.29 is 9.84 Å². The van der Waals surface area contributed by atoms with Gasteiger partial charge in [-0.2, -0.15) is 0 Å². The minimum absolute atomic E-state index is 0.0529. The molecule has 0 amide bonds. The average Bonchev–Trinajstić information content (AvgIpc) is 2.34. The monoisotopic (exact) mass is 127 g/mol. The summed E-state index contributed by atoms with van der Waals surface area (Å²) in [5.41, 5.74) is 0. The van der Waals surface area contributed by atoms with Crippen LogP contribution in [-0.2, 0) is 4.74 Å². The van der Waals surface area contributed by atoms with E-state index in [1.54, 1.807) is 0 Å². The van der Waals surface area contributed by atoms with E-state index < -0.39 is 0 Å². The predicted octanol–water partition coefficient (Wildman–Crippen LogP) is -0.0380. The Morgan fingerprint density at radius 3 is 3.11 bits per heavy atom. The standard InChI is InChI=1S/C6H9NO2/c1-2-6-7-5(3-8)4-9-6/h2,5,8H,1,3-4H2. The van der Waals surface area contributed by atoms with Gasteiger partial charge in [-0.1, -0.05) is 6.58 Å². The Hall–Kier alpha value is -0.830. The van der Waals surface area contributed by atoms with E-state index in [0.29, 0.717) is 12.5 Å². The molecule has 0 bridgehead atoms. The van der Waals surface area contributed by atoms with Crippen LogP contribution in [0.25, 0.3) is 0 Å². The molecule has 0 saturated heterocycles. The largest absolute Gasteiger partial charge is 0.476 e. The van der Waals surface area contributed by atoms with Crippen LogP contribution in [0, 0.1) is 0 Å². The van der Waals surface area contributed by atoms with E-state index in [0.717, 1.165) is 0 Å². The number of rotatable bonds is 2. The zero-order valence-corrected chi connectivity index (χ0v) is 5.08. The van der Waals surface area contributed by atoms with Crippen LogP contribution in [0.2, 0.25) is 0 Å². The summed E-state index contributed by atoms with van der Waals surface area (Å²) in [7, 11) is 0. The maximum atomic E-state index is 8.56. The maximum Gasteiger partial charge on any atom is 0.208 e. The van der Waals surface area contributed by atoms with Gasteiger partial charge in [0.25, 0.3) is 0 Å². The molecule has 1 N–H and O–H groups in total. The Morgan fingerprint density at radius 2 is 2.78 bits per heavy atom. The van der Waals surface area contributed by atoms with Gasteiger partial charge in [0.15, 0.2) is 0 Å². The first-order chi connectivity index (χ1) is 4.36. The van der Waals surface area contributed by atoms with Crippen LogP contribution in [0.3, 0.4) is 0 Å². The van der Waals surface area contributed by atoms with Gasteiger partial charge in [0.2, 0.25) is 5.90 Å². The number of aliphatic hydroxyl groups is 1. The highest BCUT2D eigenvalue weighted by atomic mass is 16.5. The van der Waals surface area contributed by atoms with Crippen LogP contribution in [0.4, 0.5) is 0 Å². The topological polar surface area (TPSA) is 41.8 Å². The Labute approximate surface area is 53.7 Å². The highest BCUT2D eigenvalue weighted by molar-refractivity contribution is 5.88. The zero-order chi connectivity index (χ0) is 6.69. The van der Waals surface area contributed by atoms with Gasteiger partial charge in [0, 0.05) is 0 Å². The van der Waals surface area contributed by atoms with Crippen LogP contribution in [0.15, 0.2) is 17.6 Å². The molecule has 0 spiro atoms. The lowest BCUT2D eigenvalue weighted by molar-refractivity contribution is 0.228. The van der Waals surface area contributed by atoms with Crippen molar-refractivity contribution in [3.05, 3.63) is 12.7 Å². The number of nitrogens with zero attached hydrogens (tertiary/aromatic N) is 1. The van der Waals surface area contributed by atoms with Crippen molar-refractivity contribution in [2.75, 3.05) is 13.2 Å². The van der Waals surface area contributed by atoms with Gasteiger partial charge in [0.05, 0.1) is 6.61 Å². The molecule has 0 aromatic rings. The lowest BCUT2D eigenvalue weighted by Gasteiger charge is -1.95. The number of aliphatic imine (C=N–C) groups is 1. The van der Waals surface area contributed by atoms with E-state index in [4.69, 9.17) is 9.84 Å². The molecule has 50 valence electrons. The van der Waals surface area contributed by atoms with Gasteiger partial charge in [-0.15, -0.1) is 0 Å². The van der Waals surface area contributed by atoms with Crippen molar-refractivity contribution in [1.29, 1.82) is 0 Å². The minimum Gasteiger partial charge on any atom is -0.476 e. The summed E-state index contributed by atoms with van der Waals surface area (Å²) in [4.78, 5) is 3.95. The third-order valence-electron chi connectivity index (χ3n) is 1.12. The summed E-state index contributed by atoms with van der Waals surface area (Å²) in [6, 6.07) is -0.0713. The third kappa shape index (κ3) is 1.29. The summed E-state index contributed by atoms with van der Waals surface area (Å²) >= 11 is 0. The average molecular weight is 127 g/mol. The van der Waals surface area contributed by atoms with E-state index in [2.05, 4.69) is 11.6 Å². The van der Waals surface area contributed by atoms with Crippen LogP contribution in [0.1, 0.15) is 0 Å². The van der Waals surface area contributed by atoms with Gasteiger partial charge in [-0.25, -0.2) is 4.99 Å². The second kappa shape index (κ2) is 2.64. The highest BCUT2D eigenvalue weighted by Crippen LogP contribution is 2.02. The fourth-order valence-corrected chi connectivity index (χ4v) is 0.641. The third-order valence-corrected chi connectivity index (χ3v) is 1.12. The van der Waals surface area contributed by atoms with Gasteiger partial charge >= 0.3 is 0 Å². The lowest BCUT2D eigenvalue weighted by Crippen LogP contribution is -2.10. The van der Waals surface area contributed by atoms with Gasteiger partial charge < -0.3 is 9.84 Å². The Balaban J connectivity index is 2.49. The first kappa shape index (κ1) is 6.29. The van der Waals surface area contributed by atoms with Crippen molar-refractivity contribution in [3.63, 3.8) is 0 Å². The maximum absolute atomic E-state index is 8.56. The fraction of sp³-hybridized carbons (Fsp3) is 0.500. The number of ether oxygens (including phenoxy) is 1. The van der Waals surface area contributed by atoms with E-state index in [1.165, 1.54) is 6.08 Å². The van der Waals surface area contributed by atoms with Crippen molar-refractivity contribution in [3.8, 4) is 0 Å². The number of hydrogen-bond donors (Lipinski definition) is 1. The van der Waals surface area contributed by atoms with E-state index in [-0.39, 0.29) is 12.6 Å². The van der Waals surface area contributed by atoms with Crippen LogP contribution in [-0.4, -0.2) is 30.3 Å². The molecule has 0 saturated carbocycles. The van der Waals surface area contributed by atoms with E-state index in [9.17, 15) is 0 Å². The number of hydrogen-bond acceptors (Lipinski definition) is 3. The molecule has 3 heteroatoms. The van der Waals surface area contributed by atoms with Crippen LogP contribution in [0.5, 0.6) is 0 Å². The summed E-state index contributed by atoms with van der Waals surface area (Å²) in [6.07, 6.45) is 1.54. The SMILES string of the molecule is C=CC1=NC(CO)CO1.